The van der Waals surface area contributed by atoms with Gasteiger partial charge >= 0.3 is 5.97 Å². The highest BCUT2D eigenvalue weighted by atomic mass is 32.2. The third-order valence-corrected chi connectivity index (χ3v) is 6.74. The number of anilines is 1. The lowest BCUT2D eigenvalue weighted by Gasteiger charge is -2.28. The second kappa shape index (κ2) is 10.1. The van der Waals surface area contributed by atoms with E-state index in [9.17, 15) is 9.59 Å². The van der Waals surface area contributed by atoms with E-state index in [1.165, 1.54) is 24.1 Å². The number of furan rings is 1. The highest BCUT2D eigenvalue weighted by Gasteiger charge is 2.41. The number of benzene rings is 2. The van der Waals surface area contributed by atoms with Gasteiger partial charge in [0.1, 0.15) is 5.75 Å². The van der Waals surface area contributed by atoms with Gasteiger partial charge in [-0.15, -0.1) is 11.8 Å². The molecule has 2 aromatic carbocycles. The van der Waals surface area contributed by atoms with Crippen LogP contribution in [0.15, 0.2) is 76.2 Å². The molecule has 0 aliphatic carbocycles. The van der Waals surface area contributed by atoms with Crippen molar-refractivity contribution < 1.29 is 23.5 Å². The summed E-state index contributed by atoms with van der Waals surface area (Å²) in [4.78, 5) is 31.4. The first-order chi connectivity index (χ1) is 16.0. The number of carbonyl (C=O) groups is 2. The monoisotopic (exact) mass is 466 g/mol. The summed E-state index contributed by atoms with van der Waals surface area (Å²) in [6, 6.07) is 18.4. The lowest BCUT2D eigenvalue weighted by Crippen LogP contribution is -2.45. The lowest BCUT2D eigenvalue weighted by molar-refractivity contribution is -0.127. The van der Waals surface area contributed by atoms with Gasteiger partial charge in [-0.1, -0.05) is 24.3 Å². The van der Waals surface area contributed by atoms with Crippen LogP contribution >= 0.6 is 11.8 Å². The van der Waals surface area contributed by atoms with Gasteiger partial charge in [0.15, 0.2) is 6.10 Å². The van der Waals surface area contributed by atoms with E-state index in [1.54, 1.807) is 18.1 Å². The van der Waals surface area contributed by atoms with Gasteiger partial charge in [-0.05, 0) is 56.1 Å². The number of nitrogens with zero attached hydrogens (tertiary/aromatic N) is 2. The topological polar surface area (TPSA) is 72.2 Å². The summed E-state index contributed by atoms with van der Waals surface area (Å²) in [6.45, 7) is 1.13. The molecule has 4 rings (SSSR count). The van der Waals surface area contributed by atoms with Gasteiger partial charge in [-0.2, -0.15) is 0 Å². The standard InChI is InChI=1S/C25H26N2O5S/c1-26(2)14-15-27-19-7-4-5-9-21(19)33-23(17-10-12-18(30-3)13-11-17)22(24(27)28)32-25(29)20-8-6-16-31-20/h4-13,16,22-23H,14-15H2,1-3H3/t22-,23+/m1/s1. The highest BCUT2D eigenvalue weighted by molar-refractivity contribution is 7.99. The largest absolute Gasteiger partial charge is 0.497 e. The summed E-state index contributed by atoms with van der Waals surface area (Å²) < 4.78 is 16.3. The Hall–Kier alpha value is -3.23. The molecule has 0 saturated carbocycles. The number of carbonyl (C=O) groups excluding carboxylic acids is 2. The molecule has 1 aliphatic rings. The van der Waals surface area contributed by atoms with Crippen molar-refractivity contribution in [2.75, 3.05) is 39.2 Å². The number of ether oxygens (including phenoxy) is 2. The van der Waals surface area contributed by atoms with Gasteiger partial charge in [0, 0.05) is 18.0 Å². The summed E-state index contributed by atoms with van der Waals surface area (Å²) in [6.07, 6.45) is 0.357. The number of methoxy groups -OCH3 is 1. The van der Waals surface area contributed by atoms with E-state index < -0.39 is 17.3 Å². The minimum absolute atomic E-state index is 0.0582. The van der Waals surface area contributed by atoms with Crippen LogP contribution in [-0.2, 0) is 9.53 Å². The number of likely N-dealkylation sites (N-methyl/N-ethyl adjacent to an activating group) is 1. The van der Waals surface area contributed by atoms with Crippen molar-refractivity contribution in [3.63, 3.8) is 0 Å². The number of fused-ring (bicyclic) bond motifs is 1. The summed E-state index contributed by atoms with van der Waals surface area (Å²) in [5.41, 5.74) is 1.67. The van der Waals surface area contributed by atoms with Crippen LogP contribution in [0.2, 0.25) is 0 Å². The predicted molar refractivity (Wildman–Crippen MR) is 127 cm³/mol. The van der Waals surface area contributed by atoms with E-state index in [2.05, 4.69) is 0 Å². The molecule has 33 heavy (non-hydrogen) atoms. The highest BCUT2D eigenvalue weighted by Crippen LogP contribution is 2.47. The molecule has 0 radical (unpaired) electrons. The van der Waals surface area contributed by atoms with Gasteiger partial charge < -0.3 is 23.7 Å². The fourth-order valence-electron chi connectivity index (χ4n) is 3.63. The molecular formula is C25H26N2O5S. The van der Waals surface area contributed by atoms with Gasteiger partial charge in [-0.3, -0.25) is 4.79 Å². The average molecular weight is 467 g/mol. The maximum Gasteiger partial charge on any atom is 0.375 e. The number of rotatable bonds is 7. The second-order valence-corrected chi connectivity index (χ2v) is 9.06. The first-order valence-corrected chi connectivity index (χ1v) is 11.5. The molecule has 7 nitrogen and oxygen atoms in total. The van der Waals surface area contributed by atoms with Crippen LogP contribution in [0.3, 0.4) is 0 Å². The molecule has 0 spiro atoms. The third kappa shape index (κ3) is 5.07. The van der Waals surface area contributed by atoms with Crippen LogP contribution in [0.1, 0.15) is 21.4 Å². The Kier molecular flexibility index (Phi) is 7.05. The number of hydrogen-bond acceptors (Lipinski definition) is 7. The molecule has 172 valence electrons. The van der Waals surface area contributed by atoms with E-state index in [-0.39, 0.29) is 11.7 Å². The summed E-state index contributed by atoms with van der Waals surface area (Å²) in [5, 5.41) is -0.451. The predicted octanol–water partition coefficient (Wildman–Crippen LogP) is 4.26. The number of amides is 1. The molecule has 0 saturated heterocycles. The second-order valence-electron chi connectivity index (χ2n) is 7.88. The van der Waals surface area contributed by atoms with Crippen molar-refractivity contribution in [1.82, 2.24) is 4.90 Å². The Morgan fingerprint density at radius 3 is 2.52 bits per heavy atom. The van der Waals surface area contributed by atoms with E-state index >= 15 is 0 Å². The van der Waals surface area contributed by atoms with Gasteiger partial charge in [0.2, 0.25) is 5.76 Å². The Morgan fingerprint density at radius 2 is 1.85 bits per heavy atom. The van der Waals surface area contributed by atoms with Crippen LogP contribution in [0.4, 0.5) is 5.69 Å². The summed E-state index contributed by atoms with van der Waals surface area (Å²) in [5.74, 6) is -0.172. The Morgan fingerprint density at radius 1 is 1.09 bits per heavy atom. The number of para-hydroxylation sites is 1. The smallest absolute Gasteiger partial charge is 0.375 e. The Balaban J connectivity index is 1.76. The SMILES string of the molecule is COc1ccc([C@@H]2Sc3ccccc3N(CCN(C)C)C(=O)[C@@H]2OC(=O)c2ccco2)cc1. The number of hydrogen-bond donors (Lipinski definition) is 0. The van der Waals surface area contributed by atoms with Gasteiger partial charge in [0.05, 0.1) is 24.3 Å². The van der Waals surface area contributed by atoms with Crippen molar-refractivity contribution in [1.29, 1.82) is 0 Å². The van der Waals surface area contributed by atoms with Crippen LogP contribution in [0, 0.1) is 0 Å². The maximum absolute atomic E-state index is 13.9. The molecule has 0 unspecified atom stereocenters. The first-order valence-electron chi connectivity index (χ1n) is 10.6. The van der Waals surface area contributed by atoms with Gasteiger partial charge in [-0.25, -0.2) is 4.79 Å². The van der Waals surface area contributed by atoms with Crippen molar-refractivity contribution in [3.8, 4) is 5.75 Å². The quantitative estimate of drug-likeness (QED) is 0.482. The summed E-state index contributed by atoms with van der Waals surface area (Å²) in [7, 11) is 5.51. The Bertz CT molecular complexity index is 1100. The van der Waals surface area contributed by atoms with Crippen LogP contribution in [0.5, 0.6) is 5.75 Å². The molecule has 1 aliphatic heterocycles. The number of thioether (sulfide) groups is 1. The van der Waals surface area contributed by atoms with Crippen LogP contribution < -0.4 is 9.64 Å². The normalized spacial score (nSPS) is 18.1. The molecule has 0 bridgehead atoms. The zero-order chi connectivity index (χ0) is 23.4. The van der Waals surface area contributed by atoms with Crippen molar-refractivity contribution in [2.24, 2.45) is 0 Å². The minimum atomic E-state index is -1.05. The van der Waals surface area contributed by atoms with E-state index in [1.807, 2.05) is 67.5 Å². The number of esters is 1. The lowest BCUT2D eigenvalue weighted by atomic mass is 10.1. The van der Waals surface area contributed by atoms with E-state index in [0.717, 1.165) is 16.1 Å². The van der Waals surface area contributed by atoms with Crippen molar-refractivity contribution >= 4 is 29.3 Å². The molecule has 1 amide bonds. The molecule has 3 aromatic rings. The zero-order valence-electron chi connectivity index (χ0n) is 18.8. The molecule has 8 heteroatoms. The third-order valence-electron chi connectivity index (χ3n) is 5.37. The molecule has 0 N–H and O–H groups in total. The minimum Gasteiger partial charge on any atom is -0.497 e. The van der Waals surface area contributed by atoms with Crippen LogP contribution in [-0.4, -0.2) is 57.2 Å². The summed E-state index contributed by atoms with van der Waals surface area (Å²) >= 11 is 1.51. The van der Waals surface area contributed by atoms with E-state index in [0.29, 0.717) is 18.8 Å². The van der Waals surface area contributed by atoms with Gasteiger partial charge in [0.25, 0.3) is 5.91 Å². The zero-order valence-corrected chi connectivity index (χ0v) is 19.6. The average Bonchev–Trinajstić information content (AvgIpc) is 3.34. The fourth-order valence-corrected chi connectivity index (χ4v) is 4.95. The molecule has 2 atom stereocenters. The first kappa shape index (κ1) is 22.9. The Labute approximate surface area is 197 Å². The molecule has 1 aromatic heterocycles. The molecule has 2 heterocycles. The van der Waals surface area contributed by atoms with E-state index in [4.69, 9.17) is 13.9 Å². The van der Waals surface area contributed by atoms with Crippen molar-refractivity contribution in [3.05, 3.63) is 78.3 Å². The van der Waals surface area contributed by atoms with Crippen molar-refractivity contribution in [2.45, 2.75) is 16.2 Å². The molecular weight excluding hydrogens is 440 g/mol. The van der Waals surface area contributed by atoms with Crippen LogP contribution in [0.25, 0.3) is 0 Å². The maximum atomic E-state index is 13.9. The fraction of sp³-hybridized carbons (Fsp3) is 0.280. The molecule has 0 fully saturated rings.